The van der Waals surface area contributed by atoms with E-state index in [1.54, 1.807) is 0 Å². The Morgan fingerprint density at radius 2 is 1.75 bits per heavy atom. The van der Waals surface area contributed by atoms with Crippen molar-refractivity contribution in [3.05, 3.63) is 0 Å². The monoisotopic (exact) mass is 168 g/mol. The van der Waals surface area contributed by atoms with Crippen molar-refractivity contribution in [2.24, 2.45) is 0 Å². The molecule has 2 heterocycles. The molecule has 0 radical (unpaired) electrons. The molecule has 1 atom stereocenters. The smallest absolute Gasteiger partial charge is 0.0619 e. The fourth-order valence-corrected chi connectivity index (χ4v) is 2.58. The van der Waals surface area contributed by atoms with Crippen molar-refractivity contribution >= 4 is 0 Å². The van der Waals surface area contributed by atoms with Crippen molar-refractivity contribution in [2.75, 3.05) is 26.7 Å². The van der Waals surface area contributed by atoms with E-state index in [2.05, 4.69) is 16.8 Å². The Morgan fingerprint density at radius 1 is 0.917 bits per heavy atom. The van der Waals surface area contributed by atoms with Crippen molar-refractivity contribution in [2.45, 2.75) is 38.3 Å². The normalized spacial score (nSPS) is 34.2. The molecule has 0 N–H and O–H groups in total. The Labute approximate surface area is 75.5 Å². The third-order valence-corrected chi connectivity index (χ3v) is 3.29. The second-order valence-electron chi connectivity index (χ2n) is 4.20. The molecule has 2 aliphatic rings. The molecule has 0 saturated carbocycles. The molecule has 0 spiro atoms. The third-order valence-electron chi connectivity index (χ3n) is 3.29. The van der Waals surface area contributed by atoms with E-state index in [0.717, 1.165) is 6.17 Å². The molecular formula is C10H20N2. The highest BCUT2D eigenvalue weighted by Gasteiger charge is 2.27. The van der Waals surface area contributed by atoms with E-state index < -0.39 is 0 Å². The first-order valence-corrected chi connectivity index (χ1v) is 5.32. The van der Waals surface area contributed by atoms with Crippen LogP contribution in [0.1, 0.15) is 32.1 Å². The minimum absolute atomic E-state index is 0.779. The van der Waals surface area contributed by atoms with Crippen molar-refractivity contribution in [1.82, 2.24) is 9.80 Å². The van der Waals surface area contributed by atoms with Crippen LogP contribution in [0.25, 0.3) is 0 Å². The summed E-state index contributed by atoms with van der Waals surface area (Å²) in [4.78, 5) is 5.21. The predicted molar refractivity (Wildman–Crippen MR) is 51.1 cm³/mol. The molecular weight excluding hydrogens is 148 g/mol. The van der Waals surface area contributed by atoms with Crippen molar-refractivity contribution < 1.29 is 0 Å². The fourth-order valence-electron chi connectivity index (χ4n) is 2.58. The maximum absolute atomic E-state index is 2.68. The van der Waals surface area contributed by atoms with E-state index >= 15 is 0 Å². The van der Waals surface area contributed by atoms with Crippen LogP contribution in [0.2, 0.25) is 0 Å². The fraction of sp³-hybridized carbons (Fsp3) is 1.00. The number of rotatable bonds is 0. The maximum atomic E-state index is 2.68. The lowest BCUT2D eigenvalue weighted by atomic mass is 10.1. The van der Waals surface area contributed by atoms with Gasteiger partial charge in [0.15, 0.2) is 0 Å². The molecule has 2 rings (SSSR count). The summed E-state index contributed by atoms with van der Waals surface area (Å²) in [6.07, 6.45) is 7.85. The lowest BCUT2D eigenvalue weighted by Gasteiger charge is -2.41. The second kappa shape index (κ2) is 3.75. The van der Waals surface area contributed by atoms with Crippen LogP contribution >= 0.6 is 0 Å². The lowest BCUT2D eigenvalue weighted by Crippen LogP contribution is -2.51. The molecule has 0 aliphatic carbocycles. The molecule has 2 nitrogen and oxygen atoms in total. The summed E-state index contributed by atoms with van der Waals surface area (Å²) in [6, 6.07) is 0. The van der Waals surface area contributed by atoms with Gasteiger partial charge in [0.25, 0.3) is 0 Å². The van der Waals surface area contributed by atoms with Crippen LogP contribution in [0, 0.1) is 0 Å². The van der Waals surface area contributed by atoms with Crippen LogP contribution in [-0.4, -0.2) is 42.6 Å². The van der Waals surface area contributed by atoms with Crippen LogP contribution in [-0.2, 0) is 0 Å². The average Bonchev–Trinajstić information content (AvgIpc) is 2.30. The molecule has 2 aliphatic heterocycles. The van der Waals surface area contributed by atoms with Gasteiger partial charge in [0.2, 0.25) is 0 Å². The zero-order valence-electron chi connectivity index (χ0n) is 8.13. The molecule has 0 bridgehead atoms. The highest BCUT2D eigenvalue weighted by atomic mass is 15.4. The Morgan fingerprint density at radius 3 is 2.67 bits per heavy atom. The van der Waals surface area contributed by atoms with Crippen LogP contribution in [0.15, 0.2) is 0 Å². The molecule has 2 heteroatoms. The first-order chi connectivity index (χ1) is 5.88. The third kappa shape index (κ3) is 1.64. The number of nitrogens with zero attached hydrogens (tertiary/aromatic N) is 2. The van der Waals surface area contributed by atoms with Gasteiger partial charge in [-0.15, -0.1) is 0 Å². The highest BCUT2D eigenvalue weighted by Crippen LogP contribution is 2.22. The zero-order chi connectivity index (χ0) is 8.39. The highest BCUT2D eigenvalue weighted by molar-refractivity contribution is 4.78. The Hall–Kier alpha value is -0.0800. The second-order valence-corrected chi connectivity index (χ2v) is 4.20. The van der Waals surface area contributed by atoms with E-state index in [0.29, 0.717) is 0 Å². The quantitative estimate of drug-likeness (QED) is 0.541. The first-order valence-electron chi connectivity index (χ1n) is 5.32. The van der Waals surface area contributed by atoms with Crippen molar-refractivity contribution in [3.8, 4) is 0 Å². The number of hydrogen-bond acceptors (Lipinski definition) is 2. The Bertz CT molecular complexity index is 147. The van der Waals surface area contributed by atoms with E-state index in [1.165, 1.54) is 51.7 Å². The van der Waals surface area contributed by atoms with Gasteiger partial charge in [-0.05, 0) is 32.9 Å². The van der Waals surface area contributed by atoms with Gasteiger partial charge in [-0.3, -0.25) is 9.80 Å². The summed E-state index contributed by atoms with van der Waals surface area (Å²) < 4.78 is 0. The van der Waals surface area contributed by atoms with Crippen LogP contribution in [0.4, 0.5) is 0 Å². The molecule has 0 aromatic carbocycles. The molecule has 0 amide bonds. The topological polar surface area (TPSA) is 6.48 Å². The lowest BCUT2D eigenvalue weighted by molar-refractivity contribution is 0.0237. The molecule has 2 saturated heterocycles. The number of fused-ring (bicyclic) bond motifs is 1. The van der Waals surface area contributed by atoms with E-state index in [-0.39, 0.29) is 0 Å². The minimum Gasteiger partial charge on any atom is -0.291 e. The first kappa shape index (κ1) is 8.52. The summed E-state index contributed by atoms with van der Waals surface area (Å²) in [6.45, 7) is 3.99. The summed E-state index contributed by atoms with van der Waals surface area (Å²) in [7, 11) is 2.28. The summed E-state index contributed by atoms with van der Waals surface area (Å²) >= 11 is 0. The SMILES string of the molecule is CN1CCCN2CCCCCC12. The van der Waals surface area contributed by atoms with Crippen LogP contribution < -0.4 is 0 Å². The molecule has 70 valence electrons. The summed E-state index contributed by atoms with van der Waals surface area (Å²) in [5.74, 6) is 0. The van der Waals surface area contributed by atoms with Gasteiger partial charge in [-0.2, -0.15) is 0 Å². The Balaban J connectivity index is 2.00. The largest absolute Gasteiger partial charge is 0.291 e. The maximum Gasteiger partial charge on any atom is 0.0619 e. The van der Waals surface area contributed by atoms with Gasteiger partial charge in [0.1, 0.15) is 0 Å². The van der Waals surface area contributed by atoms with Gasteiger partial charge < -0.3 is 0 Å². The van der Waals surface area contributed by atoms with E-state index in [9.17, 15) is 0 Å². The van der Waals surface area contributed by atoms with Gasteiger partial charge in [0, 0.05) is 13.1 Å². The van der Waals surface area contributed by atoms with Gasteiger partial charge in [-0.1, -0.05) is 12.8 Å². The summed E-state index contributed by atoms with van der Waals surface area (Å²) in [5, 5.41) is 0. The van der Waals surface area contributed by atoms with E-state index in [4.69, 9.17) is 0 Å². The Kier molecular flexibility index (Phi) is 2.66. The van der Waals surface area contributed by atoms with Crippen molar-refractivity contribution in [3.63, 3.8) is 0 Å². The molecule has 12 heavy (non-hydrogen) atoms. The van der Waals surface area contributed by atoms with Crippen molar-refractivity contribution in [1.29, 1.82) is 0 Å². The van der Waals surface area contributed by atoms with E-state index in [1.807, 2.05) is 0 Å². The van der Waals surface area contributed by atoms with Gasteiger partial charge >= 0.3 is 0 Å². The van der Waals surface area contributed by atoms with Crippen LogP contribution in [0.5, 0.6) is 0 Å². The number of hydrogen-bond donors (Lipinski definition) is 0. The zero-order valence-corrected chi connectivity index (χ0v) is 8.13. The summed E-state index contributed by atoms with van der Waals surface area (Å²) in [5.41, 5.74) is 0. The average molecular weight is 168 g/mol. The van der Waals surface area contributed by atoms with Crippen LogP contribution in [0.3, 0.4) is 0 Å². The van der Waals surface area contributed by atoms with Gasteiger partial charge in [0.05, 0.1) is 6.17 Å². The molecule has 2 fully saturated rings. The molecule has 1 unspecified atom stereocenters. The van der Waals surface area contributed by atoms with Gasteiger partial charge in [-0.25, -0.2) is 0 Å². The minimum atomic E-state index is 0.779. The molecule has 0 aromatic heterocycles. The standard InChI is InChI=1S/C10H20N2/c1-11-7-5-9-12-8-4-2-3-6-10(11)12/h10H,2-9H2,1H3. The predicted octanol–water partition coefficient (Wildman–Crippen LogP) is 1.52. The molecule has 0 aromatic rings.